The molecular weight excluding hydrogens is 378 g/mol. The summed E-state index contributed by atoms with van der Waals surface area (Å²) in [6, 6.07) is 0. The molecule has 0 spiro atoms. The Labute approximate surface area is 147 Å². The van der Waals surface area contributed by atoms with Crippen molar-refractivity contribution >= 4 is 34.8 Å². The summed E-state index contributed by atoms with van der Waals surface area (Å²) in [5.74, 6) is -0.311. The fraction of sp³-hybridized carbons (Fsp3) is 1.00. The van der Waals surface area contributed by atoms with Gasteiger partial charge in [-0.25, -0.2) is 0 Å². The Hall–Kier alpha value is 0.550. The van der Waals surface area contributed by atoms with Crippen LogP contribution in [0.4, 0.5) is 0 Å². The van der Waals surface area contributed by atoms with E-state index in [1.807, 2.05) is 0 Å². The zero-order valence-corrected chi connectivity index (χ0v) is 14.1. The van der Waals surface area contributed by atoms with Crippen LogP contribution in [0.15, 0.2) is 0 Å². The zero-order chi connectivity index (χ0) is 17.6. The summed E-state index contributed by atoms with van der Waals surface area (Å²) in [6.07, 6.45) is -9.35. The van der Waals surface area contributed by atoms with Gasteiger partial charge in [0.2, 0.25) is 0 Å². The van der Waals surface area contributed by atoms with Crippen LogP contribution >= 0.6 is 34.8 Å². The Bertz CT molecular complexity index is 427. The highest BCUT2D eigenvalue weighted by Gasteiger charge is 2.72. The van der Waals surface area contributed by atoms with Gasteiger partial charge in [-0.05, 0) is 0 Å². The van der Waals surface area contributed by atoms with Crippen molar-refractivity contribution in [1.29, 1.82) is 0 Å². The lowest BCUT2D eigenvalue weighted by Crippen LogP contribution is -2.76. The number of aliphatic hydroxyl groups excluding tert-OH is 6. The summed E-state index contributed by atoms with van der Waals surface area (Å²) in [7, 11) is 0. The SMILES string of the molecule is OC[C@H]1O[C@@](CO)([C@@]2(Cl)[C@H](O)[C@@H](O)[C@H](Cl)O[C@@H]2CCl)[C@@H](O)[C@@H]1O. The van der Waals surface area contributed by atoms with Gasteiger partial charge in [-0.2, -0.15) is 0 Å². The summed E-state index contributed by atoms with van der Waals surface area (Å²) in [6.45, 7) is -1.62. The third-order valence-corrected chi connectivity index (χ3v) is 5.96. The maximum absolute atomic E-state index is 10.4. The van der Waals surface area contributed by atoms with Gasteiger partial charge >= 0.3 is 0 Å². The molecular formula is C12H19Cl3O8. The maximum Gasteiger partial charge on any atom is 0.160 e. The van der Waals surface area contributed by atoms with Crippen LogP contribution in [0, 0.1) is 0 Å². The summed E-state index contributed by atoms with van der Waals surface area (Å²) in [5.41, 5.74) is -3.48. The molecule has 0 saturated carbocycles. The van der Waals surface area contributed by atoms with E-state index in [1.165, 1.54) is 0 Å². The highest BCUT2D eigenvalue weighted by atomic mass is 35.5. The van der Waals surface area contributed by atoms with Crippen molar-refractivity contribution in [1.82, 2.24) is 0 Å². The smallest absolute Gasteiger partial charge is 0.160 e. The fourth-order valence-electron chi connectivity index (χ4n) is 3.19. The first-order valence-electron chi connectivity index (χ1n) is 6.87. The monoisotopic (exact) mass is 396 g/mol. The largest absolute Gasteiger partial charge is 0.394 e. The molecule has 2 aliphatic heterocycles. The summed E-state index contributed by atoms with van der Waals surface area (Å²) in [5, 5.41) is 59.8. The predicted octanol–water partition coefficient (Wildman–Crippen LogP) is -2.27. The van der Waals surface area contributed by atoms with E-state index in [-0.39, 0.29) is 5.88 Å². The minimum atomic E-state index is -2.15. The molecule has 2 fully saturated rings. The number of ether oxygens (including phenoxy) is 2. The van der Waals surface area contributed by atoms with Gasteiger partial charge in [0.25, 0.3) is 0 Å². The quantitative estimate of drug-likeness (QED) is 0.292. The normalized spacial score (nSPS) is 54.4. The molecule has 0 radical (unpaired) electrons. The van der Waals surface area contributed by atoms with Crippen LogP contribution in [0.2, 0.25) is 0 Å². The third-order valence-electron chi connectivity index (χ3n) is 4.53. The average molecular weight is 398 g/mol. The zero-order valence-electron chi connectivity index (χ0n) is 11.8. The molecule has 0 aromatic carbocycles. The molecule has 9 atom stereocenters. The lowest BCUT2D eigenvalue weighted by molar-refractivity contribution is -0.235. The van der Waals surface area contributed by atoms with Crippen LogP contribution in [0.25, 0.3) is 0 Å². The summed E-state index contributed by atoms with van der Waals surface area (Å²) in [4.78, 5) is -2.14. The van der Waals surface area contributed by atoms with Gasteiger partial charge in [0.1, 0.15) is 41.0 Å². The van der Waals surface area contributed by atoms with Crippen LogP contribution in [0.3, 0.4) is 0 Å². The van der Waals surface area contributed by atoms with Crippen LogP contribution in [0.1, 0.15) is 0 Å². The van der Waals surface area contributed by atoms with E-state index < -0.39 is 65.9 Å². The molecule has 0 bridgehead atoms. The Kier molecular flexibility index (Phi) is 6.09. The number of rotatable bonds is 4. The second-order valence-corrected chi connectivity index (χ2v) is 7.02. The van der Waals surface area contributed by atoms with Crippen molar-refractivity contribution in [2.75, 3.05) is 19.1 Å². The molecule has 11 heteroatoms. The van der Waals surface area contributed by atoms with Crippen LogP contribution in [0.5, 0.6) is 0 Å². The molecule has 2 rings (SSSR count). The minimum absolute atomic E-state index is 0.311. The van der Waals surface area contributed by atoms with Crippen molar-refractivity contribution in [3.05, 3.63) is 0 Å². The standard InChI is InChI=1S/C12H19Cl3O8/c13-1-5-12(15,9(21)7(19)10(14)22-5)11(3-17)8(20)6(18)4(2-16)23-11/h4-10,16-21H,1-3H2/t4-,5-,6-,7-,8+,9-,10-,11-,12+/m1/s1. The van der Waals surface area contributed by atoms with Crippen LogP contribution in [-0.2, 0) is 9.47 Å². The average Bonchev–Trinajstić information content (AvgIpc) is 2.81. The van der Waals surface area contributed by atoms with Crippen molar-refractivity contribution in [3.8, 4) is 0 Å². The van der Waals surface area contributed by atoms with Gasteiger partial charge in [-0.15, -0.1) is 23.2 Å². The number of halogens is 3. The summed E-state index contributed by atoms with van der Waals surface area (Å²) < 4.78 is 10.7. The molecule has 8 nitrogen and oxygen atoms in total. The molecule has 6 N–H and O–H groups in total. The first-order chi connectivity index (χ1) is 10.7. The maximum atomic E-state index is 10.4. The molecule has 0 aliphatic carbocycles. The topological polar surface area (TPSA) is 140 Å². The minimum Gasteiger partial charge on any atom is -0.394 e. The Morgan fingerprint density at radius 2 is 1.61 bits per heavy atom. The predicted molar refractivity (Wildman–Crippen MR) is 79.6 cm³/mol. The Morgan fingerprint density at radius 1 is 1.00 bits per heavy atom. The van der Waals surface area contributed by atoms with Crippen LogP contribution < -0.4 is 0 Å². The van der Waals surface area contributed by atoms with Gasteiger partial charge in [-0.3, -0.25) is 0 Å². The van der Waals surface area contributed by atoms with Gasteiger partial charge in [0.15, 0.2) is 5.56 Å². The van der Waals surface area contributed by atoms with Crippen molar-refractivity contribution in [2.45, 2.75) is 52.7 Å². The summed E-state index contributed by atoms with van der Waals surface area (Å²) >= 11 is 18.1. The molecule has 2 heterocycles. The fourth-order valence-corrected chi connectivity index (χ4v) is 4.32. The molecule has 136 valence electrons. The molecule has 0 unspecified atom stereocenters. The van der Waals surface area contributed by atoms with Gasteiger partial charge in [-0.1, -0.05) is 11.6 Å². The van der Waals surface area contributed by atoms with E-state index in [1.54, 1.807) is 0 Å². The van der Waals surface area contributed by atoms with E-state index in [0.29, 0.717) is 0 Å². The number of alkyl halides is 3. The first-order valence-corrected chi connectivity index (χ1v) is 8.22. The second kappa shape index (κ2) is 7.05. The lowest BCUT2D eigenvalue weighted by atomic mass is 9.72. The third kappa shape index (κ3) is 2.69. The number of hydrogen-bond acceptors (Lipinski definition) is 8. The molecule has 2 aliphatic rings. The van der Waals surface area contributed by atoms with Crippen molar-refractivity contribution < 1.29 is 40.1 Å². The van der Waals surface area contributed by atoms with E-state index in [0.717, 1.165) is 0 Å². The second-order valence-electron chi connectivity index (χ2n) is 5.66. The highest BCUT2D eigenvalue weighted by molar-refractivity contribution is 6.28. The Morgan fingerprint density at radius 3 is 2.04 bits per heavy atom. The van der Waals surface area contributed by atoms with E-state index in [9.17, 15) is 30.6 Å². The van der Waals surface area contributed by atoms with E-state index >= 15 is 0 Å². The molecule has 23 heavy (non-hydrogen) atoms. The first kappa shape index (κ1) is 19.9. The molecule has 2 saturated heterocycles. The van der Waals surface area contributed by atoms with Crippen molar-refractivity contribution in [3.63, 3.8) is 0 Å². The van der Waals surface area contributed by atoms with E-state index in [4.69, 9.17) is 44.3 Å². The lowest BCUT2D eigenvalue weighted by Gasteiger charge is -2.54. The van der Waals surface area contributed by atoms with E-state index in [2.05, 4.69) is 0 Å². The Balaban J connectivity index is 2.52. The van der Waals surface area contributed by atoms with Crippen molar-refractivity contribution in [2.24, 2.45) is 0 Å². The number of hydrogen-bond donors (Lipinski definition) is 6. The number of aliphatic hydroxyl groups is 6. The van der Waals surface area contributed by atoms with Crippen LogP contribution in [-0.4, -0.2) is 102 Å². The molecule has 0 aromatic heterocycles. The molecule has 0 amide bonds. The van der Waals surface area contributed by atoms with Gasteiger partial charge in [0, 0.05) is 0 Å². The van der Waals surface area contributed by atoms with Gasteiger partial charge < -0.3 is 40.1 Å². The molecule has 0 aromatic rings. The van der Waals surface area contributed by atoms with Gasteiger partial charge in [0.05, 0.1) is 25.2 Å². The highest BCUT2D eigenvalue weighted by Crippen LogP contribution is 2.51.